The summed E-state index contributed by atoms with van der Waals surface area (Å²) in [6.07, 6.45) is 6.99. The van der Waals surface area contributed by atoms with Crippen molar-refractivity contribution in [2.24, 2.45) is 22.4 Å². The van der Waals surface area contributed by atoms with Crippen LogP contribution in [0.25, 0.3) is 0 Å². The number of nitrogens with zero attached hydrogens (tertiary/aromatic N) is 2. The molecule has 2 atom stereocenters. The highest BCUT2D eigenvalue weighted by atomic mass is 15.5. The van der Waals surface area contributed by atoms with Gasteiger partial charge in [0.1, 0.15) is 0 Å². The molecule has 2 heteroatoms. The Morgan fingerprint density at radius 2 is 1.54 bits per heavy atom. The molecule has 0 spiro atoms. The van der Waals surface area contributed by atoms with E-state index in [1.54, 1.807) is 0 Å². The van der Waals surface area contributed by atoms with Crippen LogP contribution in [0.2, 0.25) is 0 Å². The summed E-state index contributed by atoms with van der Waals surface area (Å²) in [7, 11) is 0. The number of hydrogen-bond donors (Lipinski definition) is 0. The number of hydrazone groups is 1. The van der Waals surface area contributed by atoms with E-state index >= 15 is 0 Å². The van der Waals surface area contributed by atoms with Gasteiger partial charge < -0.3 is 0 Å². The third kappa shape index (κ3) is 2.56. The molecule has 2 aromatic rings. The maximum atomic E-state index is 4.87. The van der Waals surface area contributed by atoms with Crippen molar-refractivity contribution in [1.82, 2.24) is 0 Å². The Bertz CT molecular complexity index is 720. The van der Waals surface area contributed by atoms with Gasteiger partial charge in [-0.15, -0.1) is 0 Å². The van der Waals surface area contributed by atoms with Crippen molar-refractivity contribution in [3.63, 3.8) is 0 Å². The molecule has 1 saturated carbocycles. The smallest absolute Gasteiger partial charge is 0.0652 e. The van der Waals surface area contributed by atoms with Crippen molar-refractivity contribution in [2.75, 3.05) is 5.01 Å². The van der Waals surface area contributed by atoms with Gasteiger partial charge in [-0.2, -0.15) is 5.10 Å². The summed E-state index contributed by atoms with van der Waals surface area (Å²) in [5.41, 5.74) is 4.00. The Balaban J connectivity index is 1.65. The molecule has 1 fully saturated rings. The predicted molar refractivity (Wildman–Crippen MR) is 102 cm³/mol. The van der Waals surface area contributed by atoms with Crippen molar-refractivity contribution in [2.45, 2.75) is 26.7 Å². The van der Waals surface area contributed by atoms with Gasteiger partial charge in [0.2, 0.25) is 0 Å². The topological polar surface area (TPSA) is 15.6 Å². The molecule has 0 radical (unpaired) electrons. The normalized spacial score (nSPS) is 24.3. The minimum Gasteiger partial charge on any atom is -0.234 e. The Kier molecular flexibility index (Phi) is 3.76. The average molecular weight is 316 g/mol. The maximum Gasteiger partial charge on any atom is 0.0652 e. The van der Waals surface area contributed by atoms with E-state index in [0.29, 0.717) is 11.3 Å². The molecule has 2 nitrogen and oxygen atoms in total. The third-order valence-electron chi connectivity index (χ3n) is 5.83. The van der Waals surface area contributed by atoms with Crippen molar-refractivity contribution in [3.8, 4) is 0 Å². The Hall–Kier alpha value is -2.35. The quantitative estimate of drug-likeness (QED) is 0.514. The number of para-hydroxylation sites is 2. The number of hydrogen-bond acceptors (Lipinski definition) is 2. The summed E-state index contributed by atoms with van der Waals surface area (Å²) in [6.45, 7) is 4.80. The summed E-state index contributed by atoms with van der Waals surface area (Å²) < 4.78 is 0. The van der Waals surface area contributed by atoms with E-state index in [2.05, 4.69) is 74.7 Å². The average Bonchev–Trinajstić information content (AvgIpc) is 2.63. The van der Waals surface area contributed by atoms with Crippen LogP contribution in [0.15, 0.2) is 77.4 Å². The van der Waals surface area contributed by atoms with Gasteiger partial charge in [0.25, 0.3) is 0 Å². The molecule has 0 heterocycles. The lowest BCUT2D eigenvalue weighted by molar-refractivity contribution is -0.00125. The van der Waals surface area contributed by atoms with Crippen molar-refractivity contribution >= 4 is 17.6 Å². The Labute approximate surface area is 144 Å². The second-order valence-corrected chi connectivity index (χ2v) is 7.47. The van der Waals surface area contributed by atoms with Crippen LogP contribution in [-0.2, 0) is 0 Å². The van der Waals surface area contributed by atoms with E-state index in [1.165, 1.54) is 18.4 Å². The van der Waals surface area contributed by atoms with Gasteiger partial charge in [0.15, 0.2) is 0 Å². The van der Waals surface area contributed by atoms with Gasteiger partial charge >= 0.3 is 0 Å². The fourth-order valence-electron chi connectivity index (χ4n) is 4.09. The molecule has 0 aromatic heterocycles. The first-order valence-corrected chi connectivity index (χ1v) is 8.80. The number of rotatable bonds is 4. The van der Waals surface area contributed by atoms with E-state index in [0.717, 1.165) is 17.3 Å². The summed E-state index contributed by atoms with van der Waals surface area (Å²) in [5.74, 6) is 1.52. The van der Waals surface area contributed by atoms with Gasteiger partial charge in [-0.25, -0.2) is 5.01 Å². The molecule has 2 bridgehead atoms. The molecule has 0 aliphatic heterocycles. The molecule has 0 saturated heterocycles. The standard InChI is InChI=1S/C22H24N2/c1-22(2)18-14-13-17(21(22)15-18)16-23-24(19-9-5-3-6-10-19)20-11-7-4-8-12-20/h3-13,16,18,21H,14-15H2,1-2H3/b23-16+/t18-,21+/m1/s1. The fraction of sp³-hybridized carbons (Fsp3) is 0.318. The van der Waals surface area contributed by atoms with Gasteiger partial charge in [0, 0.05) is 0 Å². The lowest BCUT2D eigenvalue weighted by Gasteiger charge is -2.55. The number of benzene rings is 2. The number of anilines is 2. The van der Waals surface area contributed by atoms with Crippen LogP contribution in [-0.4, -0.2) is 6.21 Å². The van der Waals surface area contributed by atoms with Gasteiger partial charge in [0.05, 0.1) is 17.6 Å². The Morgan fingerprint density at radius 3 is 2.04 bits per heavy atom. The SMILES string of the molecule is CC1(C)[C@@H]2CC=C(/C=N/N(c3ccccc3)c3ccccc3)[C@@H]1C2. The molecule has 0 amide bonds. The van der Waals surface area contributed by atoms with Crippen LogP contribution < -0.4 is 5.01 Å². The van der Waals surface area contributed by atoms with Crippen LogP contribution in [0, 0.1) is 17.3 Å². The molecule has 3 aliphatic carbocycles. The third-order valence-corrected chi connectivity index (χ3v) is 5.83. The number of allylic oxidation sites excluding steroid dienone is 2. The second kappa shape index (κ2) is 5.94. The molecule has 5 rings (SSSR count). The first-order valence-electron chi connectivity index (χ1n) is 8.80. The van der Waals surface area contributed by atoms with E-state index in [-0.39, 0.29) is 0 Å². The molecule has 0 unspecified atom stereocenters. The lowest BCUT2D eigenvalue weighted by atomic mass is 9.49. The van der Waals surface area contributed by atoms with Gasteiger partial charge in [-0.3, -0.25) is 0 Å². The summed E-state index contributed by atoms with van der Waals surface area (Å²) in [5, 5.41) is 6.89. The van der Waals surface area contributed by atoms with Crippen LogP contribution >= 0.6 is 0 Å². The van der Waals surface area contributed by atoms with Crippen LogP contribution in [0.1, 0.15) is 26.7 Å². The molecule has 3 aliphatic rings. The molecular formula is C22H24N2. The largest absolute Gasteiger partial charge is 0.234 e. The highest BCUT2D eigenvalue weighted by Gasteiger charge is 2.50. The zero-order valence-corrected chi connectivity index (χ0v) is 14.4. The van der Waals surface area contributed by atoms with E-state index < -0.39 is 0 Å². The second-order valence-electron chi connectivity index (χ2n) is 7.47. The zero-order chi connectivity index (χ0) is 16.6. The summed E-state index contributed by atoms with van der Waals surface area (Å²) in [6, 6.07) is 20.7. The van der Waals surface area contributed by atoms with E-state index in [9.17, 15) is 0 Å². The van der Waals surface area contributed by atoms with E-state index in [4.69, 9.17) is 5.10 Å². The molecule has 0 N–H and O–H groups in total. The van der Waals surface area contributed by atoms with Gasteiger partial charge in [-0.05, 0) is 59.9 Å². The lowest BCUT2D eigenvalue weighted by Crippen LogP contribution is -2.48. The molecule has 24 heavy (non-hydrogen) atoms. The van der Waals surface area contributed by atoms with Crippen molar-refractivity contribution < 1.29 is 0 Å². The Morgan fingerprint density at radius 1 is 0.958 bits per heavy atom. The molecular weight excluding hydrogens is 292 g/mol. The van der Waals surface area contributed by atoms with Crippen LogP contribution in [0.4, 0.5) is 11.4 Å². The molecule has 2 aromatic carbocycles. The minimum atomic E-state index is 0.431. The van der Waals surface area contributed by atoms with Crippen LogP contribution in [0.5, 0.6) is 0 Å². The van der Waals surface area contributed by atoms with Gasteiger partial charge in [-0.1, -0.05) is 56.3 Å². The number of fused-ring (bicyclic) bond motifs is 1. The summed E-state index contributed by atoms with van der Waals surface area (Å²) in [4.78, 5) is 0. The fourth-order valence-corrected chi connectivity index (χ4v) is 4.09. The first-order chi connectivity index (χ1) is 11.7. The monoisotopic (exact) mass is 316 g/mol. The van der Waals surface area contributed by atoms with Crippen molar-refractivity contribution in [1.29, 1.82) is 0 Å². The van der Waals surface area contributed by atoms with Crippen LogP contribution in [0.3, 0.4) is 0 Å². The highest BCUT2D eigenvalue weighted by molar-refractivity contribution is 5.82. The predicted octanol–water partition coefficient (Wildman–Crippen LogP) is 5.80. The minimum absolute atomic E-state index is 0.431. The molecule has 122 valence electrons. The van der Waals surface area contributed by atoms with Crippen molar-refractivity contribution in [3.05, 3.63) is 72.3 Å². The highest BCUT2D eigenvalue weighted by Crippen LogP contribution is 2.58. The maximum absolute atomic E-state index is 4.87. The summed E-state index contributed by atoms with van der Waals surface area (Å²) >= 11 is 0. The van der Waals surface area contributed by atoms with E-state index in [1.807, 2.05) is 17.1 Å². The zero-order valence-electron chi connectivity index (χ0n) is 14.4. The first kappa shape index (κ1) is 15.2.